The van der Waals surface area contributed by atoms with Gasteiger partial charge < -0.3 is 4.90 Å². The quantitative estimate of drug-likeness (QED) is 0.379. The normalized spacial score (nSPS) is 15.4. The molecule has 0 radical (unpaired) electrons. The number of rotatable bonds is 6. The third kappa shape index (κ3) is 5.06. The standard InChI is InChI=1S/C26H31N9OS/c1-18(2)12-31-37(36)9-7-33(8-10-37)24-6-5-20(13-28-24)25-26-21(11-27)14-30-35(26)17-23(32-25)22-15-29-34(16-22)19(3)4/h5-6,13-19H,7-10,12H2,1-4H3. The van der Waals surface area contributed by atoms with E-state index in [-0.39, 0.29) is 6.04 Å². The molecule has 1 saturated heterocycles. The highest BCUT2D eigenvalue weighted by Gasteiger charge is 2.22. The van der Waals surface area contributed by atoms with Crippen molar-refractivity contribution >= 4 is 21.1 Å². The molecule has 1 aliphatic rings. The summed E-state index contributed by atoms with van der Waals surface area (Å²) in [5, 5.41) is 18.5. The first-order valence-electron chi connectivity index (χ1n) is 12.5. The number of hydrogen-bond donors (Lipinski definition) is 0. The second-order valence-corrected chi connectivity index (χ2v) is 12.6. The van der Waals surface area contributed by atoms with Crippen molar-refractivity contribution in [2.45, 2.75) is 33.7 Å². The van der Waals surface area contributed by atoms with Gasteiger partial charge in [-0.05, 0) is 31.9 Å². The number of aromatic nitrogens is 6. The van der Waals surface area contributed by atoms with Gasteiger partial charge in [-0.1, -0.05) is 13.8 Å². The van der Waals surface area contributed by atoms with E-state index in [1.807, 2.05) is 29.2 Å². The van der Waals surface area contributed by atoms with Gasteiger partial charge in [0.25, 0.3) is 0 Å². The van der Waals surface area contributed by atoms with Crippen LogP contribution in [0.2, 0.25) is 0 Å². The first kappa shape index (κ1) is 24.9. The van der Waals surface area contributed by atoms with Gasteiger partial charge in [-0.2, -0.15) is 15.5 Å². The van der Waals surface area contributed by atoms with Crippen molar-refractivity contribution in [2.75, 3.05) is 36.0 Å². The van der Waals surface area contributed by atoms with Crippen LogP contribution in [-0.4, -0.2) is 64.7 Å². The number of fused-ring (bicyclic) bond motifs is 1. The van der Waals surface area contributed by atoms with E-state index in [1.165, 1.54) is 0 Å². The molecule has 1 fully saturated rings. The molecule has 0 atom stereocenters. The van der Waals surface area contributed by atoms with Gasteiger partial charge >= 0.3 is 0 Å². The molecule has 0 N–H and O–H groups in total. The Morgan fingerprint density at radius 2 is 1.84 bits per heavy atom. The topological polar surface area (TPSA) is 117 Å². The van der Waals surface area contributed by atoms with E-state index in [0.717, 1.165) is 16.9 Å². The van der Waals surface area contributed by atoms with Crippen LogP contribution in [0.4, 0.5) is 5.82 Å². The summed E-state index contributed by atoms with van der Waals surface area (Å²) in [5.74, 6) is 2.35. The molecule has 0 amide bonds. The second kappa shape index (κ2) is 9.94. The summed E-state index contributed by atoms with van der Waals surface area (Å²) < 4.78 is 21.1. The van der Waals surface area contributed by atoms with E-state index in [4.69, 9.17) is 9.97 Å². The molecule has 4 aromatic heterocycles. The van der Waals surface area contributed by atoms with Crippen molar-refractivity contribution in [1.82, 2.24) is 29.4 Å². The van der Waals surface area contributed by atoms with Gasteiger partial charge in [0.2, 0.25) is 0 Å². The zero-order valence-corrected chi connectivity index (χ0v) is 22.4. The highest BCUT2D eigenvalue weighted by Crippen LogP contribution is 2.30. The molecule has 0 spiro atoms. The molecule has 0 unspecified atom stereocenters. The Morgan fingerprint density at radius 3 is 2.46 bits per heavy atom. The zero-order chi connectivity index (χ0) is 26.2. The number of nitrogens with zero attached hydrogens (tertiary/aromatic N) is 9. The molecule has 37 heavy (non-hydrogen) atoms. The van der Waals surface area contributed by atoms with Crippen LogP contribution in [0.25, 0.3) is 28.0 Å². The first-order valence-corrected chi connectivity index (χ1v) is 14.3. The van der Waals surface area contributed by atoms with Crippen LogP contribution in [0.15, 0.2) is 47.5 Å². The molecule has 11 heteroatoms. The SMILES string of the molecule is CC(C)CN=S1(=O)CCN(c2ccc(-c3nc(-c4cnn(C(C)C)c4)cn4ncc(C#N)c34)cn2)CC1. The number of hydrogen-bond acceptors (Lipinski definition) is 8. The van der Waals surface area contributed by atoms with E-state index in [9.17, 15) is 9.47 Å². The Hall–Kier alpha value is -3.78. The van der Waals surface area contributed by atoms with Crippen LogP contribution in [0, 0.1) is 17.2 Å². The van der Waals surface area contributed by atoms with Crippen molar-refractivity contribution in [3.05, 3.63) is 48.7 Å². The van der Waals surface area contributed by atoms with Crippen molar-refractivity contribution in [2.24, 2.45) is 10.3 Å². The van der Waals surface area contributed by atoms with Gasteiger partial charge in [-0.15, -0.1) is 0 Å². The number of pyridine rings is 1. The minimum atomic E-state index is -2.14. The Balaban J connectivity index is 1.46. The molecule has 0 aliphatic carbocycles. The molecule has 0 saturated carbocycles. The van der Waals surface area contributed by atoms with Crippen molar-refractivity contribution in [3.8, 4) is 28.6 Å². The van der Waals surface area contributed by atoms with Crippen molar-refractivity contribution < 1.29 is 4.21 Å². The van der Waals surface area contributed by atoms with Gasteiger partial charge in [0, 0.05) is 54.2 Å². The maximum absolute atomic E-state index is 13.0. The van der Waals surface area contributed by atoms with Gasteiger partial charge in [-0.25, -0.2) is 23.1 Å². The van der Waals surface area contributed by atoms with E-state index in [0.29, 0.717) is 59.5 Å². The Bertz CT molecular complexity index is 1570. The molecule has 10 nitrogen and oxygen atoms in total. The average Bonchev–Trinajstić information content (AvgIpc) is 3.55. The largest absolute Gasteiger partial charge is 0.355 e. The molecule has 1 aliphatic heterocycles. The molecular weight excluding hydrogens is 486 g/mol. The lowest BCUT2D eigenvalue weighted by atomic mass is 10.1. The smallest absolute Gasteiger partial charge is 0.128 e. The Labute approximate surface area is 217 Å². The summed E-state index contributed by atoms with van der Waals surface area (Å²) >= 11 is 0. The molecule has 192 valence electrons. The predicted octanol–water partition coefficient (Wildman–Crippen LogP) is 4.05. The molecular formula is C26H31N9OS. The van der Waals surface area contributed by atoms with Gasteiger partial charge in [0.05, 0.1) is 46.3 Å². The zero-order valence-electron chi connectivity index (χ0n) is 21.6. The minimum Gasteiger partial charge on any atom is -0.355 e. The predicted molar refractivity (Wildman–Crippen MR) is 145 cm³/mol. The van der Waals surface area contributed by atoms with E-state index in [2.05, 4.69) is 53.2 Å². The lowest BCUT2D eigenvalue weighted by Gasteiger charge is -2.29. The van der Waals surface area contributed by atoms with Crippen LogP contribution in [0.1, 0.15) is 39.3 Å². The molecule has 0 bridgehead atoms. The fraction of sp³-hybridized carbons (Fsp3) is 0.423. The van der Waals surface area contributed by atoms with Crippen LogP contribution < -0.4 is 4.90 Å². The summed E-state index contributed by atoms with van der Waals surface area (Å²) in [7, 11) is -2.14. The van der Waals surface area contributed by atoms with Crippen molar-refractivity contribution in [3.63, 3.8) is 0 Å². The second-order valence-electron chi connectivity index (χ2n) is 10.0. The first-order chi connectivity index (χ1) is 17.8. The lowest BCUT2D eigenvalue weighted by molar-refractivity contribution is 0.532. The fourth-order valence-electron chi connectivity index (χ4n) is 4.26. The Kier molecular flexibility index (Phi) is 6.69. The fourth-order valence-corrected chi connectivity index (χ4v) is 6.31. The monoisotopic (exact) mass is 517 g/mol. The van der Waals surface area contributed by atoms with Crippen LogP contribution in [0.3, 0.4) is 0 Å². The lowest BCUT2D eigenvalue weighted by Crippen LogP contribution is -2.40. The van der Waals surface area contributed by atoms with Gasteiger partial charge in [-0.3, -0.25) is 4.68 Å². The molecule has 5 rings (SSSR count). The van der Waals surface area contributed by atoms with E-state index >= 15 is 0 Å². The van der Waals surface area contributed by atoms with E-state index in [1.54, 1.807) is 23.1 Å². The number of anilines is 1. The summed E-state index contributed by atoms with van der Waals surface area (Å²) in [5.41, 5.74) is 4.10. The third-order valence-electron chi connectivity index (χ3n) is 6.42. The summed E-state index contributed by atoms with van der Waals surface area (Å²) in [6.07, 6.45) is 8.90. The minimum absolute atomic E-state index is 0.232. The maximum Gasteiger partial charge on any atom is 0.128 e. The van der Waals surface area contributed by atoms with Gasteiger partial charge in [0.1, 0.15) is 23.0 Å². The highest BCUT2D eigenvalue weighted by atomic mass is 32.2. The molecule has 4 aromatic rings. The molecule has 5 heterocycles. The average molecular weight is 518 g/mol. The highest BCUT2D eigenvalue weighted by molar-refractivity contribution is 7.93. The molecule has 0 aromatic carbocycles. The van der Waals surface area contributed by atoms with Crippen LogP contribution >= 0.6 is 0 Å². The van der Waals surface area contributed by atoms with Crippen LogP contribution in [-0.2, 0) is 9.73 Å². The van der Waals surface area contributed by atoms with E-state index < -0.39 is 9.73 Å². The summed E-state index contributed by atoms with van der Waals surface area (Å²) in [6.45, 7) is 10.3. The third-order valence-corrected chi connectivity index (χ3v) is 8.68. The van der Waals surface area contributed by atoms with Crippen LogP contribution in [0.5, 0.6) is 0 Å². The van der Waals surface area contributed by atoms with Gasteiger partial charge in [0.15, 0.2) is 0 Å². The summed E-state index contributed by atoms with van der Waals surface area (Å²) in [4.78, 5) is 11.8. The Morgan fingerprint density at radius 1 is 1.05 bits per heavy atom. The summed E-state index contributed by atoms with van der Waals surface area (Å²) in [6, 6.07) is 6.38. The maximum atomic E-state index is 13.0. The van der Waals surface area contributed by atoms with Crippen molar-refractivity contribution in [1.29, 1.82) is 5.26 Å². The number of nitriles is 1.